The monoisotopic (exact) mass is 565 g/mol. The molecule has 0 aliphatic heterocycles. The van der Waals surface area contributed by atoms with Crippen molar-refractivity contribution in [1.82, 2.24) is 10.2 Å². The highest BCUT2D eigenvalue weighted by Gasteiger charge is 2.33. The third-order valence-corrected chi connectivity index (χ3v) is 7.75. The van der Waals surface area contributed by atoms with Crippen LogP contribution < -0.4 is 14.4 Å². The van der Waals surface area contributed by atoms with Gasteiger partial charge < -0.3 is 15.0 Å². The van der Waals surface area contributed by atoms with Gasteiger partial charge in [0.15, 0.2) is 0 Å². The topological polar surface area (TPSA) is 96.0 Å². The Bertz CT molecular complexity index is 1380. The van der Waals surface area contributed by atoms with Crippen molar-refractivity contribution in [3.8, 4) is 5.75 Å². The van der Waals surface area contributed by atoms with Crippen LogP contribution in [0, 0.1) is 0 Å². The second kappa shape index (κ2) is 14.5. The van der Waals surface area contributed by atoms with Gasteiger partial charge in [-0.15, -0.1) is 0 Å². The highest BCUT2D eigenvalue weighted by Crippen LogP contribution is 2.25. The Hall–Kier alpha value is -3.85. The molecule has 1 unspecified atom stereocenters. The number of methoxy groups -OCH3 is 1. The van der Waals surface area contributed by atoms with Crippen LogP contribution in [0.4, 0.5) is 5.69 Å². The summed E-state index contributed by atoms with van der Waals surface area (Å²) in [6, 6.07) is 23.1. The summed E-state index contributed by atoms with van der Waals surface area (Å²) in [5, 5.41) is 2.94. The second-order valence-electron chi connectivity index (χ2n) is 9.62. The molecule has 0 spiro atoms. The lowest BCUT2D eigenvalue weighted by molar-refractivity contribution is -0.140. The Balaban J connectivity index is 2.07. The minimum atomic E-state index is -3.82. The SMILES string of the molecule is CCCNC(=O)C(Cc1ccccc1)N(Cc1cccc(OC)c1)C(=O)CN(c1ccccc1CC)S(C)(=O)=O. The standard InChI is InChI=1S/C31H39N3O5S/c1-5-19-32-31(36)29(21-24-13-8-7-9-14-24)33(22-25-15-12-17-27(20-25)39-3)30(35)23-34(40(4,37)38)28-18-11-10-16-26(28)6-2/h7-18,20,29H,5-6,19,21-23H2,1-4H3,(H,32,36). The molecule has 3 aromatic carbocycles. The van der Waals surface area contributed by atoms with Crippen LogP contribution >= 0.6 is 0 Å². The number of nitrogens with zero attached hydrogens (tertiary/aromatic N) is 2. The number of ether oxygens (including phenoxy) is 1. The highest BCUT2D eigenvalue weighted by molar-refractivity contribution is 7.92. The first-order valence-electron chi connectivity index (χ1n) is 13.5. The van der Waals surface area contributed by atoms with Crippen LogP contribution in [-0.2, 0) is 39.0 Å². The van der Waals surface area contributed by atoms with Gasteiger partial charge in [0, 0.05) is 19.5 Å². The van der Waals surface area contributed by atoms with Crippen LogP contribution in [0.2, 0.25) is 0 Å². The Morgan fingerprint density at radius 1 is 0.925 bits per heavy atom. The van der Waals surface area contributed by atoms with E-state index in [1.54, 1.807) is 25.3 Å². The number of hydrogen-bond donors (Lipinski definition) is 1. The molecule has 0 heterocycles. The van der Waals surface area contributed by atoms with E-state index < -0.39 is 28.5 Å². The van der Waals surface area contributed by atoms with E-state index in [0.29, 0.717) is 24.4 Å². The minimum Gasteiger partial charge on any atom is -0.497 e. The molecule has 0 bridgehead atoms. The molecule has 0 fully saturated rings. The summed E-state index contributed by atoms with van der Waals surface area (Å²) >= 11 is 0. The lowest BCUT2D eigenvalue weighted by Gasteiger charge is -2.34. The van der Waals surface area contributed by atoms with Crippen molar-refractivity contribution in [3.63, 3.8) is 0 Å². The van der Waals surface area contributed by atoms with Crippen LogP contribution in [0.3, 0.4) is 0 Å². The molecule has 0 aliphatic carbocycles. The summed E-state index contributed by atoms with van der Waals surface area (Å²) in [6.07, 6.45) is 2.70. The molecule has 0 aliphatic rings. The smallest absolute Gasteiger partial charge is 0.244 e. The van der Waals surface area contributed by atoms with Crippen molar-refractivity contribution in [3.05, 3.63) is 95.6 Å². The van der Waals surface area contributed by atoms with Crippen LogP contribution in [0.15, 0.2) is 78.9 Å². The fourth-order valence-corrected chi connectivity index (χ4v) is 5.42. The second-order valence-corrected chi connectivity index (χ2v) is 11.5. The first-order valence-corrected chi connectivity index (χ1v) is 15.3. The van der Waals surface area contributed by atoms with E-state index >= 15 is 0 Å². The number of hydrogen-bond acceptors (Lipinski definition) is 5. The average molecular weight is 566 g/mol. The number of nitrogens with one attached hydrogen (secondary N) is 1. The van der Waals surface area contributed by atoms with Gasteiger partial charge in [0.2, 0.25) is 21.8 Å². The van der Waals surface area contributed by atoms with Gasteiger partial charge in [0.05, 0.1) is 19.1 Å². The average Bonchev–Trinajstić information content (AvgIpc) is 2.96. The maximum absolute atomic E-state index is 14.2. The van der Waals surface area contributed by atoms with E-state index in [1.807, 2.05) is 74.5 Å². The number of rotatable bonds is 14. The van der Waals surface area contributed by atoms with Gasteiger partial charge in [0.1, 0.15) is 18.3 Å². The summed E-state index contributed by atoms with van der Waals surface area (Å²) in [4.78, 5) is 29.2. The number of carbonyl (C=O) groups is 2. The first-order chi connectivity index (χ1) is 19.2. The van der Waals surface area contributed by atoms with E-state index in [-0.39, 0.29) is 18.9 Å². The Morgan fingerprint density at radius 3 is 2.25 bits per heavy atom. The molecule has 2 amide bonds. The lowest BCUT2D eigenvalue weighted by atomic mass is 10.0. The van der Waals surface area contributed by atoms with Crippen LogP contribution in [0.1, 0.15) is 37.0 Å². The zero-order valence-electron chi connectivity index (χ0n) is 23.7. The highest BCUT2D eigenvalue weighted by atomic mass is 32.2. The summed E-state index contributed by atoms with van der Waals surface area (Å²) in [5.74, 6) is -0.150. The van der Waals surface area contributed by atoms with Crippen molar-refractivity contribution in [2.75, 3.05) is 30.8 Å². The molecule has 0 saturated carbocycles. The molecule has 3 aromatic rings. The first kappa shape index (κ1) is 30.7. The molecule has 1 N–H and O–H groups in total. The number of anilines is 1. The lowest BCUT2D eigenvalue weighted by Crippen LogP contribution is -2.53. The van der Waals surface area contributed by atoms with Gasteiger partial charge in [-0.1, -0.05) is 74.5 Å². The van der Waals surface area contributed by atoms with Gasteiger partial charge in [-0.05, 0) is 47.7 Å². The van der Waals surface area contributed by atoms with E-state index in [9.17, 15) is 18.0 Å². The summed E-state index contributed by atoms with van der Waals surface area (Å²) in [6.45, 7) is 4.02. The predicted molar refractivity (Wildman–Crippen MR) is 159 cm³/mol. The molecule has 40 heavy (non-hydrogen) atoms. The fourth-order valence-electron chi connectivity index (χ4n) is 4.54. The van der Waals surface area contributed by atoms with E-state index in [2.05, 4.69) is 5.32 Å². The Labute approximate surface area is 238 Å². The third kappa shape index (κ3) is 8.32. The van der Waals surface area contributed by atoms with Gasteiger partial charge >= 0.3 is 0 Å². The number of sulfonamides is 1. The van der Waals surface area contributed by atoms with E-state index in [4.69, 9.17) is 4.74 Å². The van der Waals surface area contributed by atoms with Crippen LogP contribution in [0.5, 0.6) is 5.75 Å². The molecular weight excluding hydrogens is 526 g/mol. The van der Waals surface area contributed by atoms with Crippen LogP contribution in [-0.4, -0.2) is 57.6 Å². The molecule has 9 heteroatoms. The van der Waals surface area contributed by atoms with E-state index in [0.717, 1.165) is 33.7 Å². The Morgan fingerprint density at radius 2 is 1.60 bits per heavy atom. The van der Waals surface area contributed by atoms with Crippen molar-refractivity contribution in [1.29, 1.82) is 0 Å². The fraction of sp³-hybridized carbons (Fsp3) is 0.355. The molecule has 8 nitrogen and oxygen atoms in total. The van der Waals surface area contributed by atoms with Crippen molar-refractivity contribution >= 4 is 27.5 Å². The minimum absolute atomic E-state index is 0.0973. The number of carbonyl (C=O) groups excluding carboxylic acids is 2. The predicted octanol–water partition coefficient (Wildman–Crippen LogP) is 4.19. The molecule has 0 aromatic heterocycles. The van der Waals surface area contributed by atoms with Crippen molar-refractivity contribution < 1.29 is 22.7 Å². The third-order valence-electron chi connectivity index (χ3n) is 6.63. The van der Waals surface area contributed by atoms with Crippen molar-refractivity contribution in [2.24, 2.45) is 0 Å². The molecular formula is C31H39N3O5S. The Kier molecular flexibility index (Phi) is 11.1. The normalized spacial score (nSPS) is 11.9. The summed E-state index contributed by atoms with van der Waals surface area (Å²) in [7, 11) is -2.25. The number of benzene rings is 3. The zero-order valence-corrected chi connectivity index (χ0v) is 24.5. The van der Waals surface area contributed by atoms with Gasteiger partial charge in [-0.3, -0.25) is 13.9 Å². The van der Waals surface area contributed by atoms with Gasteiger partial charge in [0.25, 0.3) is 0 Å². The quantitative estimate of drug-likeness (QED) is 0.316. The molecule has 3 rings (SSSR count). The number of amides is 2. The molecule has 1 atom stereocenters. The van der Waals surface area contributed by atoms with Gasteiger partial charge in [-0.2, -0.15) is 0 Å². The number of aryl methyl sites for hydroxylation is 1. The van der Waals surface area contributed by atoms with E-state index in [1.165, 1.54) is 4.90 Å². The zero-order chi connectivity index (χ0) is 29.1. The summed E-state index contributed by atoms with van der Waals surface area (Å²) < 4.78 is 32.5. The maximum atomic E-state index is 14.2. The van der Waals surface area contributed by atoms with Crippen LogP contribution in [0.25, 0.3) is 0 Å². The molecule has 0 saturated heterocycles. The number of para-hydroxylation sites is 1. The molecule has 0 radical (unpaired) electrons. The van der Waals surface area contributed by atoms with Gasteiger partial charge in [-0.25, -0.2) is 8.42 Å². The molecule has 214 valence electrons. The largest absolute Gasteiger partial charge is 0.497 e. The summed E-state index contributed by atoms with van der Waals surface area (Å²) in [5.41, 5.74) is 2.91. The maximum Gasteiger partial charge on any atom is 0.244 e. The van der Waals surface area contributed by atoms with Crippen molar-refractivity contribution in [2.45, 2.75) is 45.7 Å².